The Morgan fingerprint density at radius 2 is 1.60 bits per heavy atom. The quantitative estimate of drug-likeness (QED) is 0.378. The van der Waals surface area contributed by atoms with Crippen LogP contribution in [0.15, 0.2) is 24.3 Å². The van der Waals surface area contributed by atoms with E-state index in [0.29, 0.717) is 44.6 Å². The number of piperidine rings is 2. The lowest BCUT2D eigenvalue weighted by Gasteiger charge is -2.41. The van der Waals surface area contributed by atoms with Gasteiger partial charge >= 0.3 is 0 Å². The molecule has 0 spiro atoms. The van der Waals surface area contributed by atoms with Crippen LogP contribution in [0.25, 0.3) is 0 Å². The number of halogens is 1. The predicted octanol–water partition coefficient (Wildman–Crippen LogP) is 3.08. The first-order valence-electron chi connectivity index (χ1n) is 16.1. The van der Waals surface area contributed by atoms with Gasteiger partial charge in [0.05, 0.1) is 12.8 Å². The maximum Gasteiger partial charge on any atom is 0.237 e. The largest absolute Gasteiger partial charge is 0.340 e. The Bertz CT molecular complexity index is 1170. The molecule has 4 rings (SSSR count). The van der Waals surface area contributed by atoms with Crippen LogP contribution in [-0.4, -0.2) is 128 Å². The van der Waals surface area contributed by atoms with Gasteiger partial charge in [0.1, 0.15) is 5.82 Å². The van der Waals surface area contributed by atoms with Crippen molar-refractivity contribution in [1.29, 1.82) is 0 Å². The molecule has 3 aliphatic heterocycles. The fourth-order valence-corrected chi connectivity index (χ4v) is 8.02. The average molecular weight is 622 g/mol. The zero-order valence-electron chi connectivity index (χ0n) is 26.6. The van der Waals surface area contributed by atoms with Gasteiger partial charge in [-0.3, -0.25) is 14.5 Å². The van der Waals surface area contributed by atoms with Gasteiger partial charge in [-0.15, -0.1) is 0 Å². The summed E-state index contributed by atoms with van der Waals surface area (Å²) in [5.41, 5.74) is 1.01. The molecule has 2 amide bonds. The summed E-state index contributed by atoms with van der Waals surface area (Å²) in [6.07, 6.45) is 5.62. The number of likely N-dealkylation sites (tertiary alicyclic amines) is 1. The molecule has 0 radical (unpaired) electrons. The Balaban J connectivity index is 1.32. The molecule has 0 bridgehead atoms. The average Bonchev–Trinajstić information content (AvgIpc) is 2.96. The second kappa shape index (κ2) is 15.3. The van der Waals surface area contributed by atoms with Crippen molar-refractivity contribution in [3.63, 3.8) is 0 Å². The summed E-state index contributed by atoms with van der Waals surface area (Å²) >= 11 is 0. The number of nitrogens with zero attached hydrogens (tertiary/aromatic N) is 5. The molecular weight excluding hydrogens is 569 g/mol. The van der Waals surface area contributed by atoms with E-state index in [4.69, 9.17) is 0 Å². The van der Waals surface area contributed by atoms with E-state index in [-0.39, 0.29) is 29.6 Å². The molecule has 3 aliphatic rings. The molecule has 1 atom stereocenters. The first kappa shape index (κ1) is 33.8. The lowest BCUT2D eigenvalue weighted by molar-refractivity contribution is -0.137. The van der Waals surface area contributed by atoms with Crippen LogP contribution < -0.4 is 0 Å². The summed E-state index contributed by atoms with van der Waals surface area (Å²) in [5.74, 6) is 0.936. The van der Waals surface area contributed by atoms with E-state index in [1.165, 1.54) is 12.3 Å². The highest BCUT2D eigenvalue weighted by Crippen LogP contribution is 2.36. The molecule has 3 saturated heterocycles. The van der Waals surface area contributed by atoms with Gasteiger partial charge < -0.3 is 14.7 Å². The SMILES string of the molecule is CC(=O)N1CCN(CC(=O)N(CC(C)C)C2CCN(CCC(c3cccc(F)c3)C3CCN(S(C)(=O)=O)CC3)CC2)CC1. The maximum atomic E-state index is 14.2. The number of piperazine rings is 1. The molecule has 0 aliphatic carbocycles. The van der Waals surface area contributed by atoms with Crippen molar-refractivity contribution in [1.82, 2.24) is 23.9 Å². The van der Waals surface area contributed by atoms with E-state index < -0.39 is 10.0 Å². The molecule has 11 heteroatoms. The molecule has 1 aromatic rings. The topological polar surface area (TPSA) is 84.5 Å². The number of benzene rings is 1. The van der Waals surface area contributed by atoms with Gasteiger partial charge in [0.2, 0.25) is 21.8 Å². The van der Waals surface area contributed by atoms with Crippen molar-refractivity contribution in [3.05, 3.63) is 35.6 Å². The van der Waals surface area contributed by atoms with Gasteiger partial charge in [-0.1, -0.05) is 26.0 Å². The highest BCUT2D eigenvalue weighted by molar-refractivity contribution is 7.88. The molecule has 3 fully saturated rings. The molecular formula is C32H52FN5O4S. The highest BCUT2D eigenvalue weighted by Gasteiger charge is 2.33. The van der Waals surface area contributed by atoms with Crippen molar-refractivity contribution in [3.8, 4) is 0 Å². The van der Waals surface area contributed by atoms with Gasteiger partial charge in [-0.2, -0.15) is 0 Å². The molecule has 0 N–H and O–H groups in total. The first-order valence-corrected chi connectivity index (χ1v) is 18.0. The lowest BCUT2D eigenvalue weighted by atomic mass is 9.78. The Morgan fingerprint density at radius 3 is 2.16 bits per heavy atom. The Morgan fingerprint density at radius 1 is 0.953 bits per heavy atom. The van der Waals surface area contributed by atoms with E-state index in [0.717, 1.165) is 76.9 Å². The number of hydrogen-bond donors (Lipinski definition) is 0. The van der Waals surface area contributed by atoms with E-state index in [1.54, 1.807) is 23.4 Å². The third-order valence-corrected chi connectivity index (χ3v) is 10.9. The number of sulfonamides is 1. The van der Waals surface area contributed by atoms with Crippen molar-refractivity contribution < 1.29 is 22.4 Å². The second-order valence-electron chi connectivity index (χ2n) is 13.2. The predicted molar refractivity (Wildman–Crippen MR) is 168 cm³/mol. The van der Waals surface area contributed by atoms with Gasteiger partial charge in [-0.25, -0.2) is 17.1 Å². The minimum absolute atomic E-state index is 0.0961. The minimum Gasteiger partial charge on any atom is -0.340 e. The fraction of sp³-hybridized carbons (Fsp3) is 0.750. The number of amides is 2. The van der Waals surface area contributed by atoms with Crippen LogP contribution in [0, 0.1) is 17.7 Å². The molecule has 0 aromatic heterocycles. The molecule has 1 unspecified atom stereocenters. The third-order valence-electron chi connectivity index (χ3n) is 9.63. The van der Waals surface area contributed by atoms with E-state index >= 15 is 0 Å². The lowest BCUT2D eigenvalue weighted by Crippen LogP contribution is -2.54. The zero-order chi connectivity index (χ0) is 31.1. The van der Waals surface area contributed by atoms with Gasteiger partial charge in [0, 0.05) is 71.9 Å². The van der Waals surface area contributed by atoms with Crippen LogP contribution in [0.2, 0.25) is 0 Å². The Labute approximate surface area is 258 Å². The van der Waals surface area contributed by atoms with Crippen LogP contribution in [0.5, 0.6) is 0 Å². The Hall–Kier alpha value is -2.08. The molecule has 9 nitrogen and oxygen atoms in total. The molecule has 3 heterocycles. The summed E-state index contributed by atoms with van der Waals surface area (Å²) < 4.78 is 39.9. The Kier molecular flexibility index (Phi) is 12.0. The molecule has 242 valence electrons. The molecule has 0 saturated carbocycles. The van der Waals surface area contributed by atoms with Crippen LogP contribution in [0.3, 0.4) is 0 Å². The van der Waals surface area contributed by atoms with Crippen LogP contribution in [0.4, 0.5) is 4.39 Å². The number of carbonyl (C=O) groups is 2. The normalized spacial score (nSPS) is 21.3. The second-order valence-corrected chi connectivity index (χ2v) is 15.2. The summed E-state index contributed by atoms with van der Waals surface area (Å²) in [6.45, 7) is 13.7. The van der Waals surface area contributed by atoms with Crippen molar-refractivity contribution in [2.24, 2.45) is 11.8 Å². The summed E-state index contributed by atoms with van der Waals surface area (Å²) in [7, 11) is -3.20. The number of hydrogen-bond acceptors (Lipinski definition) is 6. The van der Waals surface area contributed by atoms with Gasteiger partial charge in [0.15, 0.2) is 0 Å². The minimum atomic E-state index is -3.20. The van der Waals surface area contributed by atoms with E-state index in [9.17, 15) is 22.4 Å². The van der Waals surface area contributed by atoms with Crippen molar-refractivity contribution in [2.75, 3.05) is 78.2 Å². The molecule has 43 heavy (non-hydrogen) atoms. The smallest absolute Gasteiger partial charge is 0.237 e. The monoisotopic (exact) mass is 621 g/mol. The zero-order valence-corrected chi connectivity index (χ0v) is 27.4. The highest BCUT2D eigenvalue weighted by atomic mass is 32.2. The van der Waals surface area contributed by atoms with Gasteiger partial charge in [-0.05, 0) is 74.1 Å². The third kappa shape index (κ3) is 9.70. The summed E-state index contributed by atoms with van der Waals surface area (Å²) in [6, 6.07) is 7.14. The van der Waals surface area contributed by atoms with Gasteiger partial charge in [0.25, 0.3) is 0 Å². The van der Waals surface area contributed by atoms with Crippen molar-refractivity contribution >= 4 is 21.8 Å². The summed E-state index contributed by atoms with van der Waals surface area (Å²) in [4.78, 5) is 33.8. The van der Waals surface area contributed by atoms with E-state index in [2.05, 4.69) is 28.5 Å². The summed E-state index contributed by atoms with van der Waals surface area (Å²) in [5, 5.41) is 0. The fourth-order valence-electron chi connectivity index (χ4n) is 7.15. The molecule has 1 aromatic carbocycles. The maximum absolute atomic E-state index is 14.2. The number of carbonyl (C=O) groups excluding carboxylic acids is 2. The van der Waals surface area contributed by atoms with Crippen molar-refractivity contribution in [2.45, 2.75) is 64.8 Å². The van der Waals surface area contributed by atoms with Crippen LogP contribution in [-0.2, 0) is 19.6 Å². The van der Waals surface area contributed by atoms with Crippen LogP contribution >= 0.6 is 0 Å². The van der Waals surface area contributed by atoms with E-state index in [1.807, 2.05) is 11.0 Å². The number of rotatable bonds is 11. The first-order chi connectivity index (χ1) is 20.4. The van der Waals surface area contributed by atoms with Crippen LogP contribution in [0.1, 0.15) is 64.4 Å². The standard InChI is InChI=1S/C32H52FN5O4S/c1-25(2)23-38(32(40)24-35-18-20-36(21-19-35)26(3)39)30-10-13-34(14-11-30)15-12-31(28-6-5-7-29(33)22-28)27-8-16-37(17-9-27)43(4,41)42/h5-7,22,25,27,30-31H,8-21,23-24H2,1-4H3.